The molecule has 0 amide bonds. The minimum absolute atomic E-state index is 0.0881. The molecule has 0 aliphatic heterocycles. The summed E-state index contributed by atoms with van der Waals surface area (Å²) in [6.45, 7) is 6.53. The lowest BCUT2D eigenvalue weighted by molar-refractivity contribution is -0.139. The summed E-state index contributed by atoms with van der Waals surface area (Å²) < 4.78 is 0. The Balaban J connectivity index is 4.13. The van der Waals surface area contributed by atoms with Gasteiger partial charge in [0.2, 0.25) is 0 Å². The molecule has 0 saturated heterocycles. The number of carboxylic acids is 1. The lowest BCUT2D eigenvalue weighted by atomic mass is 9.88. The molecule has 0 heterocycles. The highest BCUT2D eigenvalue weighted by molar-refractivity contribution is 5.68. The zero-order valence-electron chi connectivity index (χ0n) is 6.22. The van der Waals surface area contributed by atoms with Crippen molar-refractivity contribution in [2.75, 3.05) is 0 Å². The van der Waals surface area contributed by atoms with Crippen molar-refractivity contribution in [3.05, 3.63) is 12.3 Å². The second-order valence-electron chi connectivity index (χ2n) is 2.90. The fourth-order valence-electron chi connectivity index (χ4n) is 0.480. The minimum Gasteiger partial charge on any atom is -0.512 e. The Morgan fingerprint density at radius 1 is 1.50 bits per heavy atom. The topological polar surface area (TPSA) is 57.5 Å². The maximum atomic E-state index is 10.2. The molecule has 3 heteroatoms. The van der Waals surface area contributed by atoms with Crippen LogP contribution in [-0.2, 0) is 4.79 Å². The molecular formula is C7H12O3. The zero-order chi connectivity index (χ0) is 8.36. The molecule has 0 atom stereocenters. The lowest BCUT2D eigenvalue weighted by Gasteiger charge is -2.19. The molecule has 2 N–H and O–H groups in total. The summed E-state index contributed by atoms with van der Waals surface area (Å²) >= 11 is 0. The van der Waals surface area contributed by atoms with Gasteiger partial charge in [0.1, 0.15) is 0 Å². The van der Waals surface area contributed by atoms with Gasteiger partial charge in [-0.2, -0.15) is 0 Å². The molecule has 0 radical (unpaired) electrons. The van der Waals surface area contributed by atoms with E-state index in [-0.39, 0.29) is 12.2 Å². The van der Waals surface area contributed by atoms with Crippen molar-refractivity contribution < 1.29 is 15.0 Å². The molecule has 0 aromatic heterocycles. The van der Waals surface area contributed by atoms with Crippen molar-refractivity contribution in [3.63, 3.8) is 0 Å². The first-order chi connectivity index (χ1) is 4.36. The van der Waals surface area contributed by atoms with Crippen LogP contribution in [0.15, 0.2) is 12.3 Å². The van der Waals surface area contributed by atoms with Crippen molar-refractivity contribution in [2.45, 2.75) is 20.3 Å². The average molecular weight is 144 g/mol. The predicted molar refractivity (Wildman–Crippen MR) is 37.8 cm³/mol. The molecule has 3 nitrogen and oxygen atoms in total. The first kappa shape index (κ1) is 9.01. The van der Waals surface area contributed by atoms with Gasteiger partial charge in [0.05, 0.1) is 12.2 Å². The van der Waals surface area contributed by atoms with Crippen LogP contribution in [0.2, 0.25) is 0 Å². The van der Waals surface area contributed by atoms with E-state index in [2.05, 4.69) is 6.58 Å². The van der Waals surface area contributed by atoms with Gasteiger partial charge >= 0.3 is 5.97 Å². The number of rotatable bonds is 3. The molecule has 0 aliphatic rings. The van der Waals surface area contributed by atoms with Crippen LogP contribution in [-0.4, -0.2) is 16.2 Å². The van der Waals surface area contributed by atoms with Crippen molar-refractivity contribution in [3.8, 4) is 0 Å². The van der Waals surface area contributed by atoms with Crippen LogP contribution in [0.4, 0.5) is 0 Å². The van der Waals surface area contributed by atoms with Crippen LogP contribution in [0.5, 0.6) is 0 Å². The first-order valence-electron chi connectivity index (χ1n) is 2.96. The van der Waals surface area contributed by atoms with Crippen molar-refractivity contribution in [1.82, 2.24) is 0 Å². The number of aliphatic hydroxyl groups excluding tert-OH is 1. The van der Waals surface area contributed by atoms with Crippen molar-refractivity contribution in [1.29, 1.82) is 0 Å². The Labute approximate surface area is 60.0 Å². The zero-order valence-corrected chi connectivity index (χ0v) is 6.22. The van der Waals surface area contributed by atoms with E-state index in [4.69, 9.17) is 10.2 Å². The number of carbonyl (C=O) groups is 1. The molecule has 0 aromatic carbocycles. The number of allylic oxidation sites excluding steroid dienone is 1. The highest BCUT2D eigenvalue weighted by atomic mass is 16.4. The van der Waals surface area contributed by atoms with Crippen LogP contribution in [0.25, 0.3) is 0 Å². The predicted octanol–water partition coefficient (Wildman–Crippen LogP) is 1.56. The Morgan fingerprint density at radius 2 is 1.90 bits per heavy atom. The van der Waals surface area contributed by atoms with Crippen molar-refractivity contribution in [2.24, 2.45) is 5.41 Å². The molecule has 0 aromatic rings. The standard InChI is InChI=1S/C7H12O3/c1-5(8)7(2,3)4-6(9)10/h8H,1,4H2,2-3H3,(H,9,10). The number of aliphatic hydroxyl groups is 1. The van der Waals surface area contributed by atoms with E-state index < -0.39 is 11.4 Å². The quantitative estimate of drug-likeness (QED) is 0.591. The molecule has 0 saturated carbocycles. The van der Waals surface area contributed by atoms with E-state index in [0.29, 0.717) is 0 Å². The van der Waals surface area contributed by atoms with Crippen LogP contribution < -0.4 is 0 Å². The van der Waals surface area contributed by atoms with Gasteiger partial charge in [-0.05, 0) is 0 Å². The molecular weight excluding hydrogens is 132 g/mol. The smallest absolute Gasteiger partial charge is 0.304 e. The molecule has 58 valence electrons. The number of hydrogen-bond donors (Lipinski definition) is 2. The molecule has 0 unspecified atom stereocenters. The second kappa shape index (κ2) is 2.73. The fourth-order valence-corrected chi connectivity index (χ4v) is 0.480. The summed E-state index contributed by atoms with van der Waals surface area (Å²) in [6.07, 6.45) is -0.0949. The molecule has 0 aliphatic carbocycles. The van der Waals surface area contributed by atoms with E-state index in [9.17, 15) is 4.79 Å². The summed E-state index contributed by atoms with van der Waals surface area (Å²) in [4.78, 5) is 10.2. The molecule has 0 fully saturated rings. The highest BCUT2D eigenvalue weighted by Crippen LogP contribution is 2.26. The van der Waals surface area contributed by atoms with Gasteiger partial charge in [0, 0.05) is 5.41 Å². The Kier molecular flexibility index (Phi) is 2.46. The SMILES string of the molecule is C=C(O)C(C)(C)CC(=O)O. The Morgan fingerprint density at radius 3 is 2.00 bits per heavy atom. The summed E-state index contributed by atoms with van der Waals surface area (Å²) in [7, 11) is 0. The molecule has 0 rings (SSSR count). The van der Waals surface area contributed by atoms with Gasteiger partial charge < -0.3 is 10.2 Å². The average Bonchev–Trinajstić information content (AvgIpc) is 1.60. The van der Waals surface area contributed by atoms with Gasteiger partial charge in [-0.15, -0.1) is 0 Å². The van der Waals surface area contributed by atoms with Crippen LogP contribution in [0, 0.1) is 5.41 Å². The fraction of sp³-hybridized carbons (Fsp3) is 0.571. The Bertz CT molecular complexity index is 158. The molecule has 10 heavy (non-hydrogen) atoms. The van der Waals surface area contributed by atoms with Gasteiger partial charge in [-0.25, -0.2) is 0 Å². The van der Waals surface area contributed by atoms with E-state index in [1.807, 2.05) is 0 Å². The van der Waals surface area contributed by atoms with Crippen LogP contribution in [0.3, 0.4) is 0 Å². The summed E-state index contributed by atoms with van der Waals surface area (Å²) in [5.41, 5.74) is -0.716. The summed E-state index contributed by atoms with van der Waals surface area (Å²) in [5, 5.41) is 17.2. The first-order valence-corrected chi connectivity index (χ1v) is 2.96. The van der Waals surface area contributed by atoms with E-state index in [1.54, 1.807) is 13.8 Å². The minimum atomic E-state index is -0.930. The third kappa shape index (κ3) is 2.53. The third-order valence-electron chi connectivity index (χ3n) is 1.37. The summed E-state index contributed by atoms with van der Waals surface area (Å²) in [6, 6.07) is 0. The van der Waals surface area contributed by atoms with E-state index >= 15 is 0 Å². The number of carboxylic acid groups (broad SMARTS) is 1. The van der Waals surface area contributed by atoms with Crippen LogP contribution in [0.1, 0.15) is 20.3 Å². The monoisotopic (exact) mass is 144 g/mol. The normalized spacial score (nSPS) is 11.0. The van der Waals surface area contributed by atoms with Gasteiger partial charge in [-0.1, -0.05) is 20.4 Å². The van der Waals surface area contributed by atoms with E-state index in [1.165, 1.54) is 0 Å². The second-order valence-corrected chi connectivity index (χ2v) is 2.90. The van der Waals surface area contributed by atoms with Crippen LogP contribution >= 0.6 is 0 Å². The molecule has 0 spiro atoms. The van der Waals surface area contributed by atoms with E-state index in [0.717, 1.165) is 0 Å². The maximum Gasteiger partial charge on any atom is 0.304 e. The van der Waals surface area contributed by atoms with Gasteiger partial charge in [0.25, 0.3) is 0 Å². The molecule has 0 bridgehead atoms. The van der Waals surface area contributed by atoms with Gasteiger partial charge in [0.15, 0.2) is 0 Å². The third-order valence-corrected chi connectivity index (χ3v) is 1.37. The number of aliphatic carboxylic acids is 1. The largest absolute Gasteiger partial charge is 0.512 e. The van der Waals surface area contributed by atoms with Crippen molar-refractivity contribution >= 4 is 5.97 Å². The highest BCUT2D eigenvalue weighted by Gasteiger charge is 2.24. The Hall–Kier alpha value is -0.990. The number of hydrogen-bond acceptors (Lipinski definition) is 2. The lowest BCUT2D eigenvalue weighted by Crippen LogP contribution is -2.18. The van der Waals surface area contributed by atoms with Gasteiger partial charge in [-0.3, -0.25) is 4.79 Å². The summed E-state index contributed by atoms with van der Waals surface area (Å²) in [5.74, 6) is -1.02. The maximum absolute atomic E-state index is 10.2.